The van der Waals surface area contributed by atoms with E-state index in [1.165, 1.54) is 33.0 Å². The first-order valence-electron chi connectivity index (χ1n) is 24.0. The van der Waals surface area contributed by atoms with Crippen molar-refractivity contribution in [2.45, 2.75) is 141 Å². The normalized spacial score (nSPS) is 18.0. The van der Waals surface area contributed by atoms with Crippen LogP contribution in [-0.2, 0) is 67.3 Å². The molecule has 2 aliphatic heterocycles. The number of likely N-dealkylation sites (N-methyl/N-ethyl adjacent to an activating group) is 1. The highest BCUT2D eigenvalue weighted by atomic mass is 28.4. The first kappa shape index (κ1) is 55.6. The van der Waals surface area contributed by atoms with Crippen molar-refractivity contribution in [1.82, 2.24) is 35.7 Å². The molecule has 19 nitrogen and oxygen atoms in total. The number of nitrogens with zero attached hydrogens (tertiary/aromatic N) is 5. The van der Waals surface area contributed by atoms with Gasteiger partial charge in [-0.15, -0.1) is 0 Å². The van der Waals surface area contributed by atoms with E-state index < -0.39 is 86.4 Å². The molecule has 3 aromatic rings. The van der Waals surface area contributed by atoms with Gasteiger partial charge in [-0.3, -0.25) is 24.0 Å². The second-order valence-corrected chi connectivity index (χ2v) is 24.1. The van der Waals surface area contributed by atoms with E-state index >= 15 is 4.79 Å². The number of ether oxygens (including phenoxy) is 3. The maximum Gasteiger partial charge on any atom is 0.429 e. The zero-order chi connectivity index (χ0) is 52.0. The van der Waals surface area contributed by atoms with Crippen molar-refractivity contribution in [3.63, 3.8) is 0 Å². The number of carbonyl (C=O) groups excluding carboxylic acids is 7. The minimum atomic E-state index is -2.48. The zero-order valence-electron chi connectivity index (χ0n) is 42.6. The summed E-state index contributed by atoms with van der Waals surface area (Å²) in [4.78, 5) is 106. The van der Waals surface area contributed by atoms with Crippen LogP contribution in [0.25, 0.3) is 0 Å². The van der Waals surface area contributed by atoms with E-state index in [2.05, 4.69) is 10.7 Å². The molecule has 2 N–H and O–H groups in total. The molecule has 2 fully saturated rings. The summed E-state index contributed by atoms with van der Waals surface area (Å²) in [5.74, 6) is -3.73. The lowest BCUT2D eigenvalue weighted by Crippen LogP contribution is -2.67. The van der Waals surface area contributed by atoms with Gasteiger partial charge in [0.2, 0.25) is 11.8 Å². The van der Waals surface area contributed by atoms with E-state index in [9.17, 15) is 28.8 Å². The second kappa shape index (κ2) is 25.2. The molecule has 0 saturated carbocycles. The zero-order valence-corrected chi connectivity index (χ0v) is 43.6. The maximum atomic E-state index is 15.0. The Morgan fingerprint density at radius 2 is 1.27 bits per heavy atom. The predicted octanol–water partition coefficient (Wildman–Crippen LogP) is 6.10. The third kappa shape index (κ3) is 14.6. The summed E-state index contributed by atoms with van der Waals surface area (Å²) in [5, 5.41) is 6.74. The molecule has 0 bridgehead atoms. The lowest BCUT2D eigenvalue weighted by Gasteiger charge is -2.45. The highest BCUT2D eigenvalue weighted by molar-refractivity contribution is 6.74. The predicted molar refractivity (Wildman–Crippen MR) is 264 cm³/mol. The molecule has 6 amide bonds. The van der Waals surface area contributed by atoms with Gasteiger partial charge in [0.15, 0.2) is 14.4 Å². The number of carbonyl (C=O) groups is 7. The molecule has 20 heteroatoms. The Balaban J connectivity index is 1.40. The number of hydrogen-bond acceptors (Lipinski definition) is 13. The smallest absolute Gasteiger partial charge is 0.429 e. The first-order valence-corrected chi connectivity index (χ1v) is 26.9. The fourth-order valence-electron chi connectivity index (χ4n) is 7.85. The largest absolute Gasteiger partial charge is 0.467 e. The molecule has 0 aromatic heterocycles. The maximum absolute atomic E-state index is 15.0. The van der Waals surface area contributed by atoms with Gasteiger partial charge in [-0.05, 0) is 81.3 Å². The van der Waals surface area contributed by atoms with Gasteiger partial charge in [0.25, 0.3) is 11.8 Å². The minimum absolute atomic E-state index is 0.0178. The number of nitrogens with one attached hydrogen (secondary N) is 2. The number of amides is 6. The monoisotopic (exact) mass is 1000 g/mol. The van der Waals surface area contributed by atoms with Crippen molar-refractivity contribution >= 4 is 50.1 Å². The summed E-state index contributed by atoms with van der Waals surface area (Å²) in [5.41, 5.74) is 5.13. The van der Waals surface area contributed by atoms with Crippen LogP contribution < -0.4 is 10.7 Å². The van der Waals surface area contributed by atoms with Gasteiger partial charge in [-0.1, -0.05) is 112 Å². The van der Waals surface area contributed by atoms with Crippen LogP contribution in [-0.4, -0.2) is 139 Å². The van der Waals surface area contributed by atoms with Crippen molar-refractivity contribution in [2.75, 3.05) is 27.2 Å². The number of esters is 1. The van der Waals surface area contributed by atoms with Gasteiger partial charge in [0.1, 0.15) is 44.0 Å². The Kier molecular flexibility index (Phi) is 19.7. The number of hydrazine groups is 2. The van der Waals surface area contributed by atoms with E-state index in [0.717, 1.165) is 25.5 Å². The number of rotatable bonds is 18. The number of hydrogen-bond donors (Lipinski definition) is 2. The molecule has 0 radical (unpaired) electrons. The van der Waals surface area contributed by atoms with E-state index in [4.69, 9.17) is 23.5 Å². The van der Waals surface area contributed by atoms with Crippen molar-refractivity contribution in [2.24, 2.45) is 0 Å². The average molecular weight is 1000 g/mol. The Morgan fingerprint density at radius 3 is 1.80 bits per heavy atom. The van der Waals surface area contributed by atoms with Crippen LogP contribution in [0.15, 0.2) is 91.0 Å². The van der Waals surface area contributed by atoms with Gasteiger partial charge >= 0.3 is 18.2 Å². The SMILES string of the molecule is COC(=O)[C@H](NC(=O)[C@@H]1CCCN(C(=O)OCc2ccccc2)N1C(=O)[C@@H](C)N(C)C(=O)[C@H](C)N(OCc1ccccc1)C(=O)[C@H]1CCCN(C(=O)OCc2ccccc2)N1)[C@H](C)O[Si](C)(C)C(C)(C)C. The molecule has 2 saturated heterocycles. The molecule has 386 valence electrons. The molecule has 6 atom stereocenters. The van der Waals surface area contributed by atoms with Crippen LogP contribution in [0.4, 0.5) is 9.59 Å². The number of hydroxylamine groups is 2. The highest BCUT2D eigenvalue weighted by Gasteiger charge is 2.47. The van der Waals surface area contributed by atoms with E-state index in [0.29, 0.717) is 24.0 Å². The fourth-order valence-corrected chi connectivity index (χ4v) is 9.27. The quantitative estimate of drug-likeness (QED) is 0.0641. The summed E-state index contributed by atoms with van der Waals surface area (Å²) >= 11 is 0. The van der Waals surface area contributed by atoms with Gasteiger partial charge in [-0.25, -0.2) is 39.9 Å². The first-order chi connectivity index (χ1) is 33.6. The molecule has 0 spiro atoms. The van der Waals surface area contributed by atoms with Crippen molar-refractivity contribution in [1.29, 1.82) is 0 Å². The Morgan fingerprint density at radius 1 is 0.746 bits per heavy atom. The summed E-state index contributed by atoms with van der Waals surface area (Å²) < 4.78 is 22.8. The van der Waals surface area contributed by atoms with Crippen LogP contribution in [0.3, 0.4) is 0 Å². The van der Waals surface area contributed by atoms with Crippen LogP contribution in [0.1, 0.15) is 83.9 Å². The second-order valence-electron chi connectivity index (χ2n) is 19.3. The summed E-state index contributed by atoms with van der Waals surface area (Å²) in [7, 11) is 0.0869. The Labute approximate surface area is 418 Å². The number of benzene rings is 3. The molecular weight excluding hydrogens is 931 g/mol. The molecule has 3 aromatic carbocycles. The van der Waals surface area contributed by atoms with Gasteiger partial charge in [-0.2, -0.15) is 0 Å². The van der Waals surface area contributed by atoms with Crippen LogP contribution in [0, 0.1) is 0 Å². The van der Waals surface area contributed by atoms with Gasteiger partial charge < -0.3 is 28.9 Å². The molecule has 5 rings (SSSR count). The van der Waals surface area contributed by atoms with Crippen LogP contribution in [0.5, 0.6) is 0 Å². The van der Waals surface area contributed by atoms with Crippen molar-refractivity contribution in [3.05, 3.63) is 108 Å². The summed E-state index contributed by atoms with van der Waals surface area (Å²) in [6.07, 6.45) is -1.37. The molecular formula is C51H71N7O12Si. The lowest BCUT2D eigenvalue weighted by atomic mass is 10.0. The van der Waals surface area contributed by atoms with Crippen molar-refractivity contribution < 1.29 is 57.0 Å². The molecule has 2 heterocycles. The van der Waals surface area contributed by atoms with Gasteiger partial charge in [0, 0.05) is 20.1 Å². The summed E-state index contributed by atoms with van der Waals surface area (Å²) in [6.45, 7) is 14.7. The third-order valence-corrected chi connectivity index (χ3v) is 17.8. The standard InChI is InChI=1S/C51H71N7O12Si/c1-35(54(7)45(60)36(2)58(69-34-40-26-18-13-19-27-40)47(62)41-28-20-30-55(53-41)49(64)67-32-38-22-14-11-15-23-38)46(61)57-42(29-21-31-56(57)50(65)68-33-39-24-16-12-17-25-39)44(59)52-43(48(63)66-8)37(3)70-71(9,10)51(4,5)6/h11-19,22-27,35-37,41-43,53H,20-21,28-34H2,1-10H3,(H,52,59)/t35-,36+,37+,41-,42+,43-/m1/s1. The topological polar surface area (TPSA) is 206 Å². The lowest BCUT2D eigenvalue weighted by molar-refractivity contribution is -0.211. The van der Waals surface area contributed by atoms with Crippen LogP contribution >= 0.6 is 0 Å². The van der Waals surface area contributed by atoms with Crippen molar-refractivity contribution in [3.8, 4) is 0 Å². The molecule has 0 aliphatic carbocycles. The molecule has 0 unspecified atom stereocenters. The minimum Gasteiger partial charge on any atom is -0.467 e. The van der Waals surface area contributed by atoms with E-state index in [-0.39, 0.29) is 50.8 Å². The fraction of sp³-hybridized carbons (Fsp3) is 0.510. The number of methoxy groups -OCH3 is 1. The summed E-state index contributed by atoms with van der Waals surface area (Å²) in [6, 6.07) is 20.8. The highest BCUT2D eigenvalue weighted by Crippen LogP contribution is 2.38. The van der Waals surface area contributed by atoms with E-state index in [1.807, 2.05) is 76.3 Å². The van der Waals surface area contributed by atoms with Crippen LogP contribution in [0.2, 0.25) is 18.1 Å². The Bertz CT molecular complexity index is 2290. The third-order valence-electron chi connectivity index (χ3n) is 13.2. The Hall–Kier alpha value is -6.35. The van der Waals surface area contributed by atoms with Gasteiger partial charge in [0.05, 0.1) is 13.2 Å². The molecule has 2 aliphatic rings. The van der Waals surface area contributed by atoms with E-state index in [1.54, 1.807) is 55.5 Å². The average Bonchev–Trinajstić information content (AvgIpc) is 3.37. The molecule has 71 heavy (non-hydrogen) atoms.